The summed E-state index contributed by atoms with van der Waals surface area (Å²) >= 11 is 3.47. The Morgan fingerprint density at radius 3 is 2.42 bits per heavy atom. The molecule has 3 aromatic carbocycles. The Morgan fingerprint density at radius 1 is 1.12 bits per heavy atom. The number of ether oxygens (including phenoxy) is 2. The first kappa shape index (κ1) is 23.6. The van der Waals surface area contributed by atoms with E-state index in [1.165, 1.54) is 37.5 Å². The van der Waals surface area contributed by atoms with Crippen molar-refractivity contribution in [1.29, 1.82) is 5.26 Å². The molecule has 0 heterocycles. The number of rotatable bonds is 8. The highest BCUT2D eigenvalue weighted by Crippen LogP contribution is 2.37. The van der Waals surface area contributed by atoms with Gasteiger partial charge in [0.2, 0.25) is 0 Å². The van der Waals surface area contributed by atoms with E-state index >= 15 is 0 Å². The lowest BCUT2D eigenvalue weighted by atomic mass is 10.1. The van der Waals surface area contributed by atoms with E-state index < -0.39 is 11.9 Å². The van der Waals surface area contributed by atoms with E-state index in [1.807, 2.05) is 36.4 Å². The van der Waals surface area contributed by atoms with Gasteiger partial charge in [-0.3, -0.25) is 4.79 Å². The zero-order valence-corrected chi connectivity index (χ0v) is 19.1. The maximum absolute atomic E-state index is 12.5. The monoisotopic (exact) mass is 506 g/mol. The van der Waals surface area contributed by atoms with Gasteiger partial charge in [-0.25, -0.2) is 4.79 Å². The second-order valence-corrected chi connectivity index (χ2v) is 7.67. The molecule has 0 spiro atoms. The van der Waals surface area contributed by atoms with E-state index in [9.17, 15) is 14.9 Å². The van der Waals surface area contributed by atoms with Crippen LogP contribution in [0.15, 0.2) is 76.8 Å². The number of carbonyl (C=O) groups excluding carboxylic acids is 1. The number of hydrogen-bond acceptors (Lipinski definition) is 5. The standard InChI is InChI=1S/C25H19BrN2O5/c1-32-22-13-17(12-21(26)23(22)33-15-16-5-3-2-4-6-16)11-19(14-27)24(29)28-20-9-7-18(8-10-20)25(30)31/h2-13H,15H2,1H3,(H,28,29)(H,30,31)/b19-11+. The number of aromatic carboxylic acids is 1. The van der Waals surface area contributed by atoms with Gasteiger partial charge in [-0.1, -0.05) is 30.3 Å². The summed E-state index contributed by atoms with van der Waals surface area (Å²) < 4.78 is 11.9. The van der Waals surface area contributed by atoms with Crippen molar-refractivity contribution in [3.8, 4) is 17.6 Å². The van der Waals surface area contributed by atoms with Gasteiger partial charge in [0.05, 0.1) is 17.1 Å². The summed E-state index contributed by atoms with van der Waals surface area (Å²) in [5.74, 6) is -0.755. The fraction of sp³-hybridized carbons (Fsp3) is 0.0800. The lowest BCUT2D eigenvalue weighted by Gasteiger charge is -2.14. The number of carbonyl (C=O) groups is 2. The third kappa shape index (κ3) is 6.21. The Balaban J connectivity index is 1.79. The van der Waals surface area contributed by atoms with Gasteiger partial charge in [-0.15, -0.1) is 0 Å². The van der Waals surface area contributed by atoms with Crippen LogP contribution in [0.1, 0.15) is 21.5 Å². The molecule has 3 rings (SSSR count). The van der Waals surface area contributed by atoms with Crippen LogP contribution in [0.3, 0.4) is 0 Å². The number of carboxylic acid groups (broad SMARTS) is 1. The molecule has 3 aromatic rings. The fourth-order valence-electron chi connectivity index (χ4n) is 2.90. The third-order valence-corrected chi connectivity index (χ3v) is 5.13. The molecular formula is C25H19BrN2O5. The molecular weight excluding hydrogens is 488 g/mol. The molecule has 0 aliphatic heterocycles. The van der Waals surface area contributed by atoms with Crippen LogP contribution in [-0.2, 0) is 11.4 Å². The average Bonchev–Trinajstić information content (AvgIpc) is 2.82. The van der Waals surface area contributed by atoms with E-state index in [0.29, 0.717) is 33.8 Å². The van der Waals surface area contributed by atoms with E-state index in [-0.39, 0.29) is 11.1 Å². The van der Waals surface area contributed by atoms with Crippen molar-refractivity contribution in [2.75, 3.05) is 12.4 Å². The van der Waals surface area contributed by atoms with Crippen LogP contribution in [-0.4, -0.2) is 24.1 Å². The van der Waals surface area contributed by atoms with Crippen LogP contribution in [0.5, 0.6) is 11.5 Å². The van der Waals surface area contributed by atoms with Gasteiger partial charge in [0.1, 0.15) is 18.2 Å². The number of methoxy groups -OCH3 is 1. The van der Waals surface area contributed by atoms with Crippen molar-refractivity contribution in [2.24, 2.45) is 0 Å². The van der Waals surface area contributed by atoms with E-state index in [2.05, 4.69) is 21.2 Å². The number of nitrogens with zero attached hydrogens (tertiary/aromatic N) is 1. The van der Waals surface area contributed by atoms with Crippen LogP contribution in [0.2, 0.25) is 0 Å². The molecule has 0 saturated carbocycles. The van der Waals surface area contributed by atoms with Gasteiger partial charge >= 0.3 is 5.97 Å². The number of benzene rings is 3. The van der Waals surface area contributed by atoms with Crippen LogP contribution < -0.4 is 14.8 Å². The second-order valence-electron chi connectivity index (χ2n) is 6.81. The van der Waals surface area contributed by atoms with Crippen LogP contribution in [0.25, 0.3) is 6.08 Å². The van der Waals surface area contributed by atoms with Gasteiger partial charge < -0.3 is 19.9 Å². The SMILES string of the molecule is COc1cc(/C=C(\C#N)C(=O)Nc2ccc(C(=O)O)cc2)cc(Br)c1OCc1ccccc1. The first-order valence-electron chi connectivity index (χ1n) is 9.72. The summed E-state index contributed by atoms with van der Waals surface area (Å²) in [7, 11) is 1.50. The first-order chi connectivity index (χ1) is 15.9. The fourth-order valence-corrected chi connectivity index (χ4v) is 3.48. The van der Waals surface area contributed by atoms with Gasteiger partial charge in [0, 0.05) is 5.69 Å². The number of nitriles is 1. The molecule has 0 aliphatic carbocycles. The summed E-state index contributed by atoms with van der Waals surface area (Å²) in [6.07, 6.45) is 1.43. The summed E-state index contributed by atoms with van der Waals surface area (Å²) in [6, 6.07) is 20.6. The van der Waals surface area contributed by atoms with Crippen molar-refractivity contribution in [3.05, 3.63) is 93.5 Å². The molecule has 1 amide bonds. The maximum Gasteiger partial charge on any atom is 0.335 e. The van der Waals surface area contributed by atoms with E-state index in [4.69, 9.17) is 14.6 Å². The van der Waals surface area contributed by atoms with Crippen LogP contribution in [0, 0.1) is 11.3 Å². The molecule has 0 unspecified atom stereocenters. The van der Waals surface area contributed by atoms with Crippen molar-refractivity contribution < 1.29 is 24.2 Å². The van der Waals surface area contributed by atoms with Gasteiger partial charge in [-0.05, 0) is 69.5 Å². The molecule has 7 nitrogen and oxygen atoms in total. The molecule has 2 N–H and O–H groups in total. The number of anilines is 1. The Kier molecular flexibility index (Phi) is 7.84. The zero-order chi connectivity index (χ0) is 23.8. The van der Waals surface area contributed by atoms with Gasteiger partial charge in [-0.2, -0.15) is 5.26 Å². The molecule has 8 heteroatoms. The largest absolute Gasteiger partial charge is 0.493 e. The molecule has 0 bridgehead atoms. The molecule has 0 aliphatic rings. The highest BCUT2D eigenvalue weighted by Gasteiger charge is 2.14. The summed E-state index contributed by atoms with van der Waals surface area (Å²) in [5, 5.41) is 21.0. The predicted molar refractivity (Wildman–Crippen MR) is 127 cm³/mol. The Bertz CT molecular complexity index is 1230. The third-order valence-electron chi connectivity index (χ3n) is 4.54. The number of halogens is 1. The zero-order valence-electron chi connectivity index (χ0n) is 17.5. The lowest BCUT2D eigenvalue weighted by molar-refractivity contribution is -0.112. The molecule has 166 valence electrons. The highest BCUT2D eigenvalue weighted by atomic mass is 79.9. The van der Waals surface area contributed by atoms with Gasteiger partial charge in [0.15, 0.2) is 11.5 Å². The average molecular weight is 507 g/mol. The smallest absolute Gasteiger partial charge is 0.335 e. The molecule has 0 saturated heterocycles. The maximum atomic E-state index is 12.5. The Morgan fingerprint density at radius 2 is 1.82 bits per heavy atom. The molecule has 0 atom stereocenters. The quantitative estimate of drug-likeness (QED) is 0.317. The van der Waals surface area contributed by atoms with E-state index in [1.54, 1.807) is 12.1 Å². The molecule has 0 fully saturated rings. The number of hydrogen-bond donors (Lipinski definition) is 2. The minimum atomic E-state index is -1.07. The summed E-state index contributed by atoms with van der Waals surface area (Å²) in [5.41, 5.74) is 1.88. The summed E-state index contributed by atoms with van der Waals surface area (Å²) in [6.45, 7) is 0.345. The van der Waals surface area contributed by atoms with Gasteiger partial charge in [0.25, 0.3) is 5.91 Å². The first-order valence-corrected chi connectivity index (χ1v) is 10.5. The van der Waals surface area contributed by atoms with Crippen molar-refractivity contribution in [3.63, 3.8) is 0 Å². The van der Waals surface area contributed by atoms with E-state index in [0.717, 1.165) is 5.56 Å². The molecule has 33 heavy (non-hydrogen) atoms. The minimum Gasteiger partial charge on any atom is -0.493 e. The molecule has 0 aromatic heterocycles. The second kappa shape index (κ2) is 11.0. The lowest BCUT2D eigenvalue weighted by Crippen LogP contribution is -2.13. The van der Waals surface area contributed by atoms with Crippen molar-refractivity contribution in [1.82, 2.24) is 0 Å². The van der Waals surface area contributed by atoms with Crippen LogP contribution in [0.4, 0.5) is 5.69 Å². The topological polar surface area (TPSA) is 109 Å². The Hall–Kier alpha value is -4.09. The number of amides is 1. The Labute approximate surface area is 199 Å². The summed E-state index contributed by atoms with van der Waals surface area (Å²) in [4.78, 5) is 23.5. The number of nitrogens with one attached hydrogen (secondary N) is 1. The normalized spacial score (nSPS) is 10.8. The van der Waals surface area contributed by atoms with Crippen molar-refractivity contribution in [2.45, 2.75) is 6.61 Å². The highest BCUT2D eigenvalue weighted by molar-refractivity contribution is 9.10. The predicted octanol–water partition coefficient (Wildman–Crippen LogP) is 5.28. The molecule has 0 radical (unpaired) electrons. The number of carboxylic acids is 1. The van der Waals surface area contributed by atoms with Crippen molar-refractivity contribution >= 4 is 39.6 Å². The van der Waals surface area contributed by atoms with Crippen LogP contribution >= 0.6 is 15.9 Å². The minimum absolute atomic E-state index is 0.0931.